The summed E-state index contributed by atoms with van der Waals surface area (Å²) < 4.78 is 2.62. The second kappa shape index (κ2) is 5.87. The van der Waals surface area contributed by atoms with Crippen LogP contribution in [0, 0.1) is 0 Å². The van der Waals surface area contributed by atoms with E-state index in [4.69, 9.17) is 0 Å². The summed E-state index contributed by atoms with van der Waals surface area (Å²) in [6.45, 7) is 0. The van der Waals surface area contributed by atoms with Gasteiger partial charge in [0.15, 0.2) is 0 Å². The van der Waals surface area contributed by atoms with E-state index < -0.39 is 0 Å². The molecule has 1 nitrogen and oxygen atoms in total. The zero-order chi connectivity index (χ0) is 22.0. The normalized spacial score (nSPS) is 14.1. The second-order valence-electron chi connectivity index (χ2n) is 10.1. The van der Waals surface area contributed by atoms with Crippen LogP contribution in [0.2, 0.25) is 0 Å². The van der Waals surface area contributed by atoms with Crippen LogP contribution in [0.3, 0.4) is 0 Å². The molecule has 0 fully saturated rings. The van der Waals surface area contributed by atoms with E-state index in [1.165, 1.54) is 83.1 Å². The van der Waals surface area contributed by atoms with Crippen LogP contribution in [0.5, 0.6) is 0 Å². The minimum Gasteiger partial charge on any atom is -0.308 e. The first-order valence-corrected chi connectivity index (χ1v) is 12.3. The molecule has 1 heteroatoms. The molecule has 0 atom stereocenters. The van der Waals surface area contributed by atoms with Crippen molar-refractivity contribution < 1.29 is 0 Å². The Balaban J connectivity index is 1.42. The van der Waals surface area contributed by atoms with E-state index in [0.29, 0.717) is 0 Å². The molecule has 2 aliphatic carbocycles. The molecule has 158 valence electrons. The Hall–Kier alpha value is -4.10. The first-order valence-electron chi connectivity index (χ1n) is 12.3. The second-order valence-corrected chi connectivity index (χ2v) is 10.1. The molecule has 0 radical (unpaired) electrons. The average molecular weight is 432 g/mol. The Morgan fingerprint density at radius 3 is 2.09 bits per heavy atom. The van der Waals surface area contributed by atoms with E-state index in [1.54, 1.807) is 0 Å². The molecule has 1 aromatic heterocycles. The summed E-state index contributed by atoms with van der Waals surface area (Å²) in [6, 6.07) is 34.5. The molecule has 3 aliphatic rings. The van der Waals surface area contributed by atoms with Crippen LogP contribution in [0.1, 0.15) is 33.4 Å². The zero-order valence-corrected chi connectivity index (χ0v) is 18.7. The van der Waals surface area contributed by atoms with Crippen molar-refractivity contribution in [1.29, 1.82) is 0 Å². The molecule has 0 bridgehead atoms. The third-order valence-electron chi connectivity index (χ3n) is 8.43. The molecule has 0 saturated heterocycles. The first kappa shape index (κ1) is 17.4. The van der Waals surface area contributed by atoms with Gasteiger partial charge < -0.3 is 4.57 Å². The van der Waals surface area contributed by atoms with Crippen molar-refractivity contribution >= 4 is 21.8 Å². The summed E-state index contributed by atoms with van der Waals surface area (Å²) >= 11 is 0. The third kappa shape index (κ3) is 1.98. The Morgan fingerprint density at radius 1 is 0.471 bits per heavy atom. The average Bonchev–Trinajstić information content (AvgIpc) is 3.53. The van der Waals surface area contributed by atoms with E-state index in [1.807, 2.05) is 0 Å². The molecule has 0 amide bonds. The minimum atomic E-state index is 1.01. The molecule has 0 unspecified atom stereocenters. The van der Waals surface area contributed by atoms with Gasteiger partial charge in [-0.1, -0.05) is 78.9 Å². The van der Waals surface area contributed by atoms with E-state index in [9.17, 15) is 0 Å². The Bertz CT molecular complexity index is 1880. The van der Waals surface area contributed by atoms with Crippen LogP contribution in [0.15, 0.2) is 91.0 Å². The Morgan fingerprint density at radius 2 is 1.21 bits per heavy atom. The van der Waals surface area contributed by atoms with Crippen LogP contribution < -0.4 is 0 Å². The summed E-state index contributed by atoms with van der Waals surface area (Å²) in [5, 5.41) is 2.77. The molecule has 2 heterocycles. The van der Waals surface area contributed by atoms with Gasteiger partial charge in [-0.25, -0.2) is 0 Å². The van der Waals surface area contributed by atoms with Crippen molar-refractivity contribution in [1.82, 2.24) is 4.57 Å². The summed E-state index contributed by atoms with van der Waals surface area (Å²) in [7, 11) is 0. The monoisotopic (exact) mass is 431 g/mol. The highest BCUT2D eigenvalue weighted by Crippen LogP contribution is 2.48. The summed E-state index contributed by atoms with van der Waals surface area (Å²) in [6.07, 6.45) is 3.06. The van der Waals surface area contributed by atoms with Gasteiger partial charge in [-0.05, 0) is 74.2 Å². The lowest BCUT2D eigenvalue weighted by Gasteiger charge is -2.24. The number of hydrogen-bond donors (Lipinski definition) is 0. The molecule has 5 aromatic carbocycles. The van der Waals surface area contributed by atoms with Gasteiger partial charge in [0.1, 0.15) is 0 Å². The summed E-state index contributed by atoms with van der Waals surface area (Å²) in [5.74, 6) is 0. The number of aromatic nitrogens is 1. The van der Waals surface area contributed by atoms with Crippen molar-refractivity contribution in [2.45, 2.75) is 19.3 Å². The fraction of sp³-hybridized carbons (Fsp3) is 0.0909. The molecule has 34 heavy (non-hydrogen) atoms. The van der Waals surface area contributed by atoms with E-state index in [0.717, 1.165) is 19.3 Å². The van der Waals surface area contributed by atoms with Gasteiger partial charge in [0.2, 0.25) is 0 Å². The molecule has 0 N–H and O–H groups in total. The van der Waals surface area contributed by atoms with Crippen molar-refractivity contribution in [3.05, 3.63) is 124 Å². The molecule has 6 aromatic rings. The fourth-order valence-electron chi connectivity index (χ4n) is 7.01. The number of benzene rings is 5. The lowest BCUT2D eigenvalue weighted by Crippen LogP contribution is -2.10. The van der Waals surface area contributed by atoms with Gasteiger partial charge in [0.25, 0.3) is 0 Å². The predicted octanol–water partition coefficient (Wildman–Crippen LogP) is 7.83. The smallest absolute Gasteiger partial charge is 0.0576 e. The maximum Gasteiger partial charge on any atom is 0.0576 e. The van der Waals surface area contributed by atoms with Gasteiger partial charge in [0.05, 0.1) is 16.7 Å². The van der Waals surface area contributed by atoms with Crippen molar-refractivity contribution in [2.75, 3.05) is 0 Å². The highest BCUT2D eigenvalue weighted by molar-refractivity contribution is 6.13. The number of fused-ring (bicyclic) bond motifs is 12. The topological polar surface area (TPSA) is 4.93 Å². The predicted molar refractivity (Wildman–Crippen MR) is 140 cm³/mol. The van der Waals surface area contributed by atoms with Gasteiger partial charge in [-0.15, -0.1) is 0 Å². The minimum absolute atomic E-state index is 1.01. The lowest BCUT2D eigenvalue weighted by molar-refractivity contribution is 1.02. The maximum atomic E-state index is 2.62. The van der Waals surface area contributed by atoms with Crippen molar-refractivity contribution in [3.63, 3.8) is 0 Å². The van der Waals surface area contributed by atoms with Crippen LogP contribution in [0.25, 0.3) is 49.7 Å². The third-order valence-corrected chi connectivity index (χ3v) is 8.43. The van der Waals surface area contributed by atoms with E-state index in [-0.39, 0.29) is 0 Å². The molecule has 0 spiro atoms. The first-order chi connectivity index (χ1) is 16.8. The van der Waals surface area contributed by atoms with Gasteiger partial charge in [-0.3, -0.25) is 0 Å². The number of rotatable bonds is 0. The molecular formula is C33H21N. The zero-order valence-electron chi connectivity index (χ0n) is 18.7. The van der Waals surface area contributed by atoms with E-state index >= 15 is 0 Å². The van der Waals surface area contributed by atoms with E-state index in [2.05, 4.69) is 95.6 Å². The number of nitrogens with zero attached hydrogens (tertiary/aromatic N) is 1. The molecule has 0 saturated carbocycles. The van der Waals surface area contributed by atoms with Gasteiger partial charge in [0, 0.05) is 23.6 Å². The fourth-order valence-corrected chi connectivity index (χ4v) is 7.01. The number of hydrogen-bond acceptors (Lipinski definition) is 0. The van der Waals surface area contributed by atoms with Crippen LogP contribution in [-0.4, -0.2) is 4.57 Å². The highest BCUT2D eigenvalue weighted by atomic mass is 15.0. The molecule has 1 aliphatic heterocycles. The van der Waals surface area contributed by atoms with Gasteiger partial charge >= 0.3 is 0 Å². The van der Waals surface area contributed by atoms with Crippen molar-refractivity contribution in [2.24, 2.45) is 0 Å². The Labute approximate surface area is 197 Å². The van der Waals surface area contributed by atoms with Crippen molar-refractivity contribution in [3.8, 4) is 27.9 Å². The lowest BCUT2D eigenvalue weighted by atomic mass is 9.92. The quantitative estimate of drug-likeness (QED) is 0.231. The van der Waals surface area contributed by atoms with Crippen LogP contribution in [0.4, 0.5) is 0 Å². The Kier molecular flexibility index (Phi) is 3.00. The summed E-state index contributed by atoms with van der Waals surface area (Å²) in [5.41, 5.74) is 18.6. The SMILES string of the molecule is c1ccc2c(c1)Cc1cc3c(cc1-2)c1cccc2c1n3-c1c(ccc3c1Cc1ccccc1-3)C2. The van der Waals surface area contributed by atoms with Gasteiger partial charge in [-0.2, -0.15) is 0 Å². The maximum absolute atomic E-state index is 2.62. The highest BCUT2D eigenvalue weighted by Gasteiger charge is 2.30. The van der Waals surface area contributed by atoms with Crippen LogP contribution in [-0.2, 0) is 19.3 Å². The standard InChI is InChI=1S/C33H21N/c1-4-10-25-19(6-1)14-23-17-31-29(18-28(23)25)27-11-5-8-21-15-22-12-13-26-24-9-3-2-7-20(24)16-30(26)33(22)34(31)32(21)27/h1-13,17-18H,14-16H2. The van der Waals surface area contributed by atoms with Crippen LogP contribution >= 0.6 is 0 Å². The number of para-hydroxylation sites is 1. The largest absolute Gasteiger partial charge is 0.308 e. The molecular weight excluding hydrogens is 410 g/mol. The molecule has 9 rings (SSSR count). The summed E-state index contributed by atoms with van der Waals surface area (Å²) in [4.78, 5) is 0.